The summed E-state index contributed by atoms with van der Waals surface area (Å²) in [6.45, 7) is 2.38. The highest BCUT2D eigenvalue weighted by Gasteiger charge is 2.18. The van der Waals surface area contributed by atoms with Crippen molar-refractivity contribution in [3.05, 3.63) is 35.8 Å². The number of fused-ring (bicyclic) bond motifs is 1. The van der Waals surface area contributed by atoms with Crippen LogP contribution in [0.1, 0.15) is 42.4 Å². The van der Waals surface area contributed by atoms with E-state index < -0.39 is 5.97 Å². The van der Waals surface area contributed by atoms with Crippen LogP contribution in [0.3, 0.4) is 0 Å². The summed E-state index contributed by atoms with van der Waals surface area (Å²) in [4.78, 5) is 27.3. The molecule has 2 N–H and O–H groups in total. The van der Waals surface area contributed by atoms with Crippen molar-refractivity contribution in [3.63, 3.8) is 0 Å². The van der Waals surface area contributed by atoms with Crippen LogP contribution in [0, 0.1) is 0 Å². The van der Waals surface area contributed by atoms with Crippen molar-refractivity contribution in [2.45, 2.75) is 32.6 Å². The quantitative estimate of drug-likeness (QED) is 0.762. The number of nitrogens with one attached hydrogen (secondary N) is 1. The Kier molecular flexibility index (Phi) is 4.92. The fourth-order valence-corrected chi connectivity index (χ4v) is 2.22. The van der Waals surface area contributed by atoms with Crippen LogP contribution >= 0.6 is 0 Å². The van der Waals surface area contributed by atoms with Gasteiger partial charge in [0.15, 0.2) is 0 Å². The summed E-state index contributed by atoms with van der Waals surface area (Å²) >= 11 is 0. The SMILES string of the molecule is CCCc1nc2ccccn2c1C(=O)NCCCC(=O)O. The van der Waals surface area contributed by atoms with Crippen molar-refractivity contribution in [1.82, 2.24) is 14.7 Å². The van der Waals surface area contributed by atoms with Gasteiger partial charge in [-0.15, -0.1) is 0 Å². The van der Waals surface area contributed by atoms with E-state index in [4.69, 9.17) is 5.11 Å². The number of amides is 1. The summed E-state index contributed by atoms with van der Waals surface area (Å²) < 4.78 is 1.78. The number of hydrogen-bond acceptors (Lipinski definition) is 3. The van der Waals surface area contributed by atoms with Crippen molar-refractivity contribution in [2.24, 2.45) is 0 Å². The summed E-state index contributed by atoms with van der Waals surface area (Å²) in [7, 11) is 0. The van der Waals surface area contributed by atoms with Crippen molar-refractivity contribution in [3.8, 4) is 0 Å². The fourth-order valence-electron chi connectivity index (χ4n) is 2.22. The molecule has 6 heteroatoms. The summed E-state index contributed by atoms with van der Waals surface area (Å²) in [6, 6.07) is 5.60. The molecule has 0 aliphatic heterocycles. The largest absolute Gasteiger partial charge is 0.481 e. The highest BCUT2D eigenvalue weighted by molar-refractivity contribution is 5.94. The molecule has 0 unspecified atom stereocenters. The summed E-state index contributed by atoms with van der Waals surface area (Å²) in [5, 5.41) is 11.4. The van der Waals surface area contributed by atoms with E-state index in [1.54, 1.807) is 4.40 Å². The Labute approximate surface area is 122 Å². The van der Waals surface area contributed by atoms with Gasteiger partial charge in [0.1, 0.15) is 11.3 Å². The Morgan fingerprint density at radius 3 is 2.90 bits per heavy atom. The summed E-state index contributed by atoms with van der Waals surface area (Å²) in [5.41, 5.74) is 2.07. The standard InChI is InChI=1S/C15H19N3O3/c1-2-6-11-14(15(21)16-9-5-8-13(19)20)18-10-4-3-7-12(18)17-11/h3-4,7,10H,2,5-6,8-9H2,1H3,(H,16,21)(H,19,20). The van der Waals surface area contributed by atoms with Crippen LogP contribution in [0.2, 0.25) is 0 Å². The number of aliphatic carboxylic acids is 1. The number of hydrogen-bond donors (Lipinski definition) is 2. The second-order valence-corrected chi connectivity index (χ2v) is 4.84. The molecule has 0 aliphatic rings. The number of imidazole rings is 1. The second-order valence-electron chi connectivity index (χ2n) is 4.84. The second kappa shape index (κ2) is 6.88. The average Bonchev–Trinajstić information content (AvgIpc) is 2.81. The Morgan fingerprint density at radius 1 is 1.38 bits per heavy atom. The lowest BCUT2D eigenvalue weighted by atomic mass is 10.2. The van der Waals surface area contributed by atoms with E-state index in [2.05, 4.69) is 10.3 Å². The van der Waals surface area contributed by atoms with Gasteiger partial charge in [-0.25, -0.2) is 4.98 Å². The molecule has 2 heterocycles. The van der Waals surface area contributed by atoms with E-state index >= 15 is 0 Å². The zero-order valence-corrected chi connectivity index (χ0v) is 12.0. The smallest absolute Gasteiger partial charge is 0.303 e. The first-order valence-electron chi connectivity index (χ1n) is 7.09. The molecule has 0 spiro atoms. The van der Waals surface area contributed by atoms with Crippen LogP contribution in [-0.2, 0) is 11.2 Å². The number of carbonyl (C=O) groups is 2. The third-order valence-electron chi connectivity index (χ3n) is 3.16. The van der Waals surface area contributed by atoms with Crippen LogP contribution in [0.5, 0.6) is 0 Å². The fraction of sp³-hybridized carbons (Fsp3) is 0.400. The van der Waals surface area contributed by atoms with E-state index in [0.29, 0.717) is 18.7 Å². The highest BCUT2D eigenvalue weighted by Crippen LogP contribution is 2.14. The number of carboxylic acid groups (broad SMARTS) is 1. The minimum atomic E-state index is -0.856. The number of aryl methyl sites for hydroxylation is 1. The average molecular weight is 289 g/mol. The van der Waals surface area contributed by atoms with E-state index in [1.807, 2.05) is 31.3 Å². The lowest BCUT2D eigenvalue weighted by molar-refractivity contribution is -0.137. The van der Waals surface area contributed by atoms with E-state index in [9.17, 15) is 9.59 Å². The zero-order valence-electron chi connectivity index (χ0n) is 12.0. The van der Waals surface area contributed by atoms with Gasteiger partial charge in [-0.2, -0.15) is 0 Å². The molecule has 2 aromatic heterocycles. The lowest BCUT2D eigenvalue weighted by Gasteiger charge is -2.06. The van der Waals surface area contributed by atoms with Gasteiger partial charge >= 0.3 is 5.97 Å². The van der Waals surface area contributed by atoms with Gasteiger partial charge in [-0.1, -0.05) is 19.4 Å². The molecule has 6 nitrogen and oxygen atoms in total. The molecule has 2 aromatic rings. The predicted molar refractivity (Wildman–Crippen MR) is 78.4 cm³/mol. The van der Waals surface area contributed by atoms with Gasteiger partial charge in [0.05, 0.1) is 5.69 Å². The number of carbonyl (C=O) groups excluding carboxylic acids is 1. The molecular weight excluding hydrogens is 270 g/mol. The van der Waals surface area contributed by atoms with Gasteiger partial charge in [-0.3, -0.25) is 14.0 Å². The molecule has 0 saturated heterocycles. The third-order valence-corrected chi connectivity index (χ3v) is 3.16. The Hall–Kier alpha value is -2.37. The Bertz CT molecular complexity index is 649. The van der Waals surface area contributed by atoms with Gasteiger partial charge in [-0.05, 0) is 25.0 Å². The Morgan fingerprint density at radius 2 is 2.19 bits per heavy atom. The van der Waals surface area contributed by atoms with Crippen LogP contribution in [0.25, 0.3) is 5.65 Å². The molecular formula is C15H19N3O3. The van der Waals surface area contributed by atoms with Crippen molar-refractivity contribution in [1.29, 1.82) is 0 Å². The van der Waals surface area contributed by atoms with Gasteiger partial charge < -0.3 is 10.4 Å². The van der Waals surface area contributed by atoms with Gasteiger partial charge in [0.2, 0.25) is 0 Å². The first kappa shape index (κ1) is 15.0. The predicted octanol–water partition coefficient (Wildman–Crippen LogP) is 1.88. The van der Waals surface area contributed by atoms with Gasteiger partial charge in [0, 0.05) is 19.2 Å². The maximum Gasteiger partial charge on any atom is 0.303 e. The molecule has 0 aromatic carbocycles. The summed E-state index contributed by atoms with van der Waals surface area (Å²) in [6.07, 6.45) is 3.92. The van der Waals surface area contributed by atoms with Crippen molar-refractivity contribution in [2.75, 3.05) is 6.54 Å². The first-order chi connectivity index (χ1) is 10.1. The van der Waals surface area contributed by atoms with Crippen LogP contribution in [-0.4, -0.2) is 32.9 Å². The van der Waals surface area contributed by atoms with E-state index in [0.717, 1.165) is 24.2 Å². The normalized spacial score (nSPS) is 10.7. The van der Waals surface area contributed by atoms with Crippen LogP contribution in [0.4, 0.5) is 0 Å². The first-order valence-corrected chi connectivity index (χ1v) is 7.09. The van der Waals surface area contributed by atoms with Crippen LogP contribution < -0.4 is 5.32 Å². The molecule has 0 saturated carbocycles. The van der Waals surface area contributed by atoms with Crippen molar-refractivity contribution < 1.29 is 14.7 Å². The summed E-state index contributed by atoms with van der Waals surface area (Å²) in [5.74, 6) is -1.06. The Balaban J connectivity index is 2.16. The molecule has 0 bridgehead atoms. The minimum absolute atomic E-state index is 0.0508. The number of nitrogens with zero attached hydrogens (tertiary/aromatic N) is 2. The van der Waals surface area contributed by atoms with E-state index in [1.165, 1.54) is 0 Å². The highest BCUT2D eigenvalue weighted by atomic mass is 16.4. The molecule has 0 aliphatic carbocycles. The third kappa shape index (κ3) is 3.59. The zero-order chi connectivity index (χ0) is 15.2. The minimum Gasteiger partial charge on any atom is -0.481 e. The van der Waals surface area contributed by atoms with E-state index in [-0.39, 0.29) is 12.3 Å². The number of aromatic nitrogens is 2. The molecule has 2 rings (SSSR count). The number of rotatable bonds is 7. The monoisotopic (exact) mass is 289 g/mol. The molecule has 1 amide bonds. The van der Waals surface area contributed by atoms with Crippen LogP contribution in [0.15, 0.2) is 24.4 Å². The molecule has 21 heavy (non-hydrogen) atoms. The molecule has 0 radical (unpaired) electrons. The molecule has 0 atom stereocenters. The van der Waals surface area contributed by atoms with Crippen molar-refractivity contribution >= 4 is 17.5 Å². The lowest BCUT2D eigenvalue weighted by Crippen LogP contribution is -2.27. The maximum atomic E-state index is 12.3. The molecule has 112 valence electrons. The van der Waals surface area contributed by atoms with Gasteiger partial charge in [0.25, 0.3) is 5.91 Å². The number of carboxylic acids is 1. The number of pyridine rings is 1. The maximum absolute atomic E-state index is 12.3. The topological polar surface area (TPSA) is 83.7 Å². The molecule has 0 fully saturated rings.